The maximum atomic E-state index is 13.7. The van der Waals surface area contributed by atoms with Crippen molar-refractivity contribution in [3.8, 4) is 5.75 Å². The van der Waals surface area contributed by atoms with Gasteiger partial charge in [-0.25, -0.2) is 17.8 Å². The van der Waals surface area contributed by atoms with E-state index in [4.69, 9.17) is 16.3 Å². The number of ether oxygens (including phenoxy) is 1. The van der Waals surface area contributed by atoms with Crippen molar-refractivity contribution in [2.45, 2.75) is 25.8 Å². The van der Waals surface area contributed by atoms with E-state index in [0.717, 1.165) is 11.8 Å². The third kappa shape index (κ3) is 8.65. The van der Waals surface area contributed by atoms with Gasteiger partial charge in [0.05, 0.1) is 19.4 Å². The van der Waals surface area contributed by atoms with Gasteiger partial charge in [0.2, 0.25) is 0 Å². The zero-order chi connectivity index (χ0) is 21.4. The zero-order valence-corrected chi connectivity index (χ0v) is 20.9. The van der Waals surface area contributed by atoms with Crippen LogP contribution in [-0.4, -0.2) is 34.3 Å². The molecule has 30 heavy (non-hydrogen) atoms. The summed E-state index contributed by atoms with van der Waals surface area (Å²) in [7, 11) is -1.67. The number of methoxy groups -OCH3 is 1. The molecule has 0 aromatic heterocycles. The van der Waals surface area contributed by atoms with Crippen molar-refractivity contribution in [2.24, 2.45) is 4.99 Å². The highest BCUT2D eigenvalue weighted by Crippen LogP contribution is 2.23. The van der Waals surface area contributed by atoms with Crippen molar-refractivity contribution in [1.82, 2.24) is 10.6 Å². The highest BCUT2D eigenvalue weighted by Gasteiger charge is 2.11. The first kappa shape index (κ1) is 26.4. The summed E-state index contributed by atoms with van der Waals surface area (Å²) in [6.45, 7) is 3.13. The molecular weight excluding hydrogens is 544 g/mol. The van der Waals surface area contributed by atoms with Gasteiger partial charge < -0.3 is 15.4 Å². The summed E-state index contributed by atoms with van der Waals surface area (Å²) in [6, 6.07) is 9.41. The Morgan fingerprint density at radius 2 is 1.83 bits per heavy atom. The summed E-state index contributed by atoms with van der Waals surface area (Å²) in [5, 5.41) is 6.88. The van der Waals surface area contributed by atoms with Gasteiger partial charge in [0.25, 0.3) is 0 Å². The fraction of sp³-hybridized carbons (Fsp3) is 0.350. The smallest absolute Gasteiger partial charge is 0.191 e. The fourth-order valence-electron chi connectivity index (χ4n) is 2.71. The average molecular weight is 570 g/mol. The van der Waals surface area contributed by atoms with Gasteiger partial charge in [-0.15, -0.1) is 24.0 Å². The van der Waals surface area contributed by atoms with Crippen LogP contribution in [0.4, 0.5) is 4.39 Å². The topological polar surface area (TPSA) is 79.8 Å². The molecule has 0 saturated carbocycles. The quantitative estimate of drug-likeness (QED) is 0.286. The Hall–Kier alpha value is -1.59. The lowest BCUT2D eigenvalue weighted by molar-refractivity contribution is 0.409. The molecule has 0 unspecified atom stereocenters. The molecule has 0 aliphatic rings. The Morgan fingerprint density at radius 3 is 2.47 bits per heavy atom. The molecule has 0 atom stereocenters. The van der Waals surface area contributed by atoms with Crippen molar-refractivity contribution in [3.63, 3.8) is 0 Å². The Kier molecular flexibility index (Phi) is 10.9. The second kappa shape index (κ2) is 12.3. The number of benzene rings is 2. The normalized spacial score (nSPS) is 11.6. The van der Waals surface area contributed by atoms with E-state index in [9.17, 15) is 12.8 Å². The average Bonchev–Trinajstić information content (AvgIpc) is 2.65. The van der Waals surface area contributed by atoms with Crippen LogP contribution in [0.15, 0.2) is 41.4 Å². The Bertz CT molecular complexity index is 987. The summed E-state index contributed by atoms with van der Waals surface area (Å²) >= 11 is 5.99. The lowest BCUT2D eigenvalue weighted by Gasteiger charge is -2.14. The summed E-state index contributed by atoms with van der Waals surface area (Å²) in [6.07, 6.45) is 1.15. The van der Waals surface area contributed by atoms with Gasteiger partial charge in [0, 0.05) is 29.9 Å². The van der Waals surface area contributed by atoms with E-state index in [0.29, 0.717) is 40.9 Å². The summed E-state index contributed by atoms with van der Waals surface area (Å²) in [5.74, 6) is 0.571. The first-order chi connectivity index (χ1) is 13.7. The largest absolute Gasteiger partial charge is 0.496 e. The predicted molar refractivity (Wildman–Crippen MR) is 130 cm³/mol. The molecule has 10 heteroatoms. The number of nitrogens with one attached hydrogen (secondary N) is 2. The van der Waals surface area contributed by atoms with Crippen LogP contribution in [0.25, 0.3) is 0 Å². The van der Waals surface area contributed by atoms with Gasteiger partial charge in [-0.05, 0) is 42.3 Å². The monoisotopic (exact) mass is 569 g/mol. The Morgan fingerprint density at radius 1 is 1.13 bits per heavy atom. The van der Waals surface area contributed by atoms with Crippen LogP contribution < -0.4 is 15.4 Å². The van der Waals surface area contributed by atoms with Crippen molar-refractivity contribution in [1.29, 1.82) is 0 Å². The molecule has 0 heterocycles. The van der Waals surface area contributed by atoms with Crippen molar-refractivity contribution >= 4 is 51.4 Å². The second-order valence-electron chi connectivity index (χ2n) is 6.49. The molecule has 0 bridgehead atoms. The van der Waals surface area contributed by atoms with Gasteiger partial charge in [0.1, 0.15) is 11.6 Å². The molecule has 6 nitrogen and oxygen atoms in total. The highest BCUT2D eigenvalue weighted by atomic mass is 127. The summed E-state index contributed by atoms with van der Waals surface area (Å²) < 4.78 is 42.3. The number of halogens is 3. The molecule has 0 saturated heterocycles. The molecule has 0 spiro atoms. The van der Waals surface area contributed by atoms with Gasteiger partial charge >= 0.3 is 0 Å². The minimum absolute atomic E-state index is 0. The van der Waals surface area contributed by atoms with Crippen molar-refractivity contribution < 1.29 is 17.5 Å². The molecule has 166 valence electrons. The number of hydrogen-bond acceptors (Lipinski definition) is 4. The molecule has 2 N–H and O–H groups in total. The number of nitrogens with zero attached hydrogens (tertiary/aromatic N) is 1. The number of hydrogen-bond donors (Lipinski definition) is 2. The zero-order valence-electron chi connectivity index (χ0n) is 17.0. The summed E-state index contributed by atoms with van der Waals surface area (Å²) in [5.41, 5.74) is 1.95. The van der Waals surface area contributed by atoms with Crippen LogP contribution in [0.2, 0.25) is 5.02 Å². The number of sulfone groups is 1. The number of guanidine groups is 1. The number of rotatable bonds is 8. The van der Waals surface area contributed by atoms with Crippen LogP contribution in [0.1, 0.15) is 23.6 Å². The van der Waals surface area contributed by atoms with Crippen LogP contribution in [0, 0.1) is 5.82 Å². The molecule has 2 rings (SSSR count). The van der Waals surface area contributed by atoms with E-state index in [1.807, 2.05) is 13.0 Å². The minimum Gasteiger partial charge on any atom is -0.496 e. The Balaban J connectivity index is 0.00000450. The highest BCUT2D eigenvalue weighted by molar-refractivity contribution is 14.0. The maximum Gasteiger partial charge on any atom is 0.191 e. The SMILES string of the molecule is CCNC(=NCc1cc(F)ccc1CS(C)(=O)=O)NCc1ccc(Cl)cc1OC.I. The minimum atomic E-state index is -3.25. The predicted octanol–water partition coefficient (Wildman–Crippen LogP) is 3.91. The van der Waals surface area contributed by atoms with E-state index in [1.54, 1.807) is 19.2 Å². The second-order valence-corrected chi connectivity index (χ2v) is 9.06. The first-order valence-electron chi connectivity index (χ1n) is 9.01. The van der Waals surface area contributed by atoms with E-state index < -0.39 is 15.7 Å². The molecule has 0 amide bonds. The standard InChI is InChI=1S/C20H25ClFN3O3S.HI/c1-4-23-20(24-11-14-5-7-17(21)10-19(14)28-2)25-12-16-9-18(22)8-6-15(16)13-29(3,26)27;/h5-10H,4,11-13H2,1-3H3,(H2,23,24,25);1H. The van der Waals surface area contributed by atoms with Crippen molar-refractivity contribution in [3.05, 3.63) is 63.9 Å². The summed E-state index contributed by atoms with van der Waals surface area (Å²) in [4.78, 5) is 4.47. The van der Waals surface area contributed by atoms with Crippen LogP contribution in [0.5, 0.6) is 5.75 Å². The number of aliphatic imine (C=N–C) groups is 1. The van der Waals surface area contributed by atoms with E-state index in [2.05, 4.69) is 15.6 Å². The molecular formula is C20H26ClFIN3O3S. The molecule has 0 aliphatic carbocycles. The van der Waals surface area contributed by atoms with Crippen LogP contribution in [-0.2, 0) is 28.7 Å². The lowest BCUT2D eigenvalue weighted by atomic mass is 10.1. The third-order valence-corrected chi connectivity index (χ3v) is 5.10. The first-order valence-corrected chi connectivity index (χ1v) is 11.4. The fourth-order valence-corrected chi connectivity index (χ4v) is 3.72. The molecule has 2 aromatic carbocycles. The molecule has 0 aliphatic heterocycles. The molecule has 2 aromatic rings. The van der Waals surface area contributed by atoms with Gasteiger partial charge in [0.15, 0.2) is 15.8 Å². The molecule has 0 fully saturated rings. The van der Waals surface area contributed by atoms with E-state index >= 15 is 0 Å². The van der Waals surface area contributed by atoms with Crippen LogP contribution >= 0.6 is 35.6 Å². The van der Waals surface area contributed by atoms with Crippen LogP contribution in [0.3, 0.4) is 0 Å². The van der Waals surface area contributed by atoms with E-state index in [-0.39, 0.29) is 36.3 Å². The van der Waals surface area contributed by atoms with Gasteiger partial charge in [-0.1, -0.05) is 23.7 Å². The third-order valence-electron chi connectivity index (χ3n) is 4.03. The molecule has 0 radical (unpaired) electrons. The lowest BCUT2D eigenvalue weighted by Crippen LogP contribution is -2.36. The maximum absolute atomic E-state index is 13.7. The van der Waals surface area contributed by atoms with Crippen molar-refractivity contribution in [2.75, 3.05) is 19.9 Å². The van der Waals surface area contributed by atoms with Gasteiger partial charge in [-0.2, -0.15) is 0 Å². The Labute approximate surface area is 199 Å². The van der Waals surface area contributed by atoms with Gasteiger partial charge in [-0.3, -0.25) is 0 Å². The van der Waals surface area contributed by atoms with E-state index in [1.165, 1.54) is 18.2 Å².